The minimum absolute atomic E-state index is 0.00902. The SMILES string of the molecule is CC(C)c1[nH]n(C(C)C)c(=O)c1CCC(=O)O. The number of hydrogen-bond acceptors (Lipinski definition) is 2. The Labute approximate surface area is 100 Å². The van der Waals surface area contributed by atoms with Gasteiger partial charge in [-0.1, -0.05) is 13.8 Å². The molecule has 2 N–H and O–H groups in total. The third-order valence-electron chi connectivity index (χ3n) is 2.73. The van der Waals surface area contributed by atoms with Gasteiger partial charge in [0.05, 0.1) is 0 Å². The van der Waals surface area contributed by atoms with Gasteiger partial charge in [0, 0.05) is 23.7 Å². The van der Waals surface area contributed by atoms with Crippen LogP contribution in [-0.2, 0) is 11.2 Å². The van der Waals surface area contributed by atoms with Crippen molar-refractivity contribution in [3.8, 4) is 0 Å². The lowest BCUT2D eigenvalue weighted by Gasteiger charge is -2.06. The number of carboxylic acid groups (broad SMARTS) is 1. The molecule has 0 atom stereocenters. The van der Waals surface area contributed by atoms with Gasteiger partial charge in [0.1, 0.15) is 0 Å². The molecule has 1 aromatic heterocycles. The Hall–Kier alpha value is -1.52. The van der Waals surface area contributed by atoms with Gasteiger partial charge in [0.25, 0.3) is 5.56 Å². The summed E-state index contributed by atoms with van der Waals surface area (Å²) in [4.78, 5) is 22.7. The van der Waals surface area contributed by atoms with Crippen molar-refractivity contribution in [1.82, 2.24) is 9.78 Å². The van der Waals surface area contributed by atoms with Crippen LogP contribution in [-0.4, -0.2) is 20.9 Å². The molecule has 0 saturated carbocycles. The molecule has 5 heteroatoms. The van der Waals surface area contributed by atoms with E-state index in [1.807, 2.05) is 27.7 Å². The van der Waals surface area contributed by atoms with Crippen LogP contribution < -0.4 is 5.56 Å². The van der Waals surface area contributed by atoms with E-state index in [-0.39, 0.29) is 30.4 Å². The van der Waals surface area contributed by atoms with Crippen LogP contribution in [0.3, 0.4) is 0 Å². The van der Waals surface area contributed by atoms with Gasteiger partial charge in [-0.15, -0.1) is 0 Å². The van der Waals surface area contributed by atoms with Crippen LogP contribution in [0.1, 0.15) is 57.3 Å². The summed E-state index contributed by atoms with van der Waals surface area (Å²) in [6.07, 6.45) is 0.281. The van der Waals surface area contributed by atoms with E-state index in [1.54, 1.807) is 4.68 Å². The lowest BCUT2D eigenvalue weighted by Crippen LogP contribution is -2.21. The lowest BCUT2D eigenvalue weighted by molar-refractivity contribution is -0.136. The zero-order chi connectivity index (χ0) is 13.2. The second-order valence-corrected chi connectivity index (χ2v) is 4.82. The van der Waals surface area contributed by atoms with E-state index in [4.69, 9.17) is 5.11 Å². The Bertz CT molecular complexity index is 455. The molecule has 0 unspecified atom stereocenters. The number of nitrogens with zero attached hydrogens (tertiary/aromatic N) is 1. The van der Waals surface area contributed by atoms with Gasteiger partial charge in [-0.25, -0.2) is 0 Å². The number of aromatic nitrogens is 2. The number of hydrogen-bond donors (Lipinski definition) is 2. The van der Waals surface area contributed by atoms with Gasteiger partial charge in [-0.2, -0.15) is 0 Å². The van der Waals surface area contributed by atoms with Crippen molar-refractivity contribution in [2.24, 2.45) is 0 Å². The zero-order valence-electron chi connectivity index (χ0n) is 10.8. The Kier molecular flexibility index (Phi) is 4.15. The number of aliphatic carboxylic acids is 1. The molecule has 5 nitrogen and oxygen atoms in total. The first-order chi connectivity index (χ1) is 7.84. The fourth-order valence-electron chi connectivity index (χ4n) is 1.82. The van der Waals surface area contributed by atoms with Crippen LogP contribution in [0.2, 0.25) is 0 Å². The molecule has 0 fully saturated rings. The van der Waals surface area contributed by atoms with Crippen LogP contribution >= 0.6 is 0 Å². The van der Waals surface area contributed by atoms with E-state index in [1.165, 1.54) is 0 Å². The van der Waals surface area contributed by atoms with Crippen molar-refractivity contribution in [1.29, 1.82) is 0 Å². The predicted octanol–water partition coefficient (Wildman–Crippen LogP) is 1.90. The standard InChI is InChI=1S/C12H20N2O3/c1-7(2)11-9(5-6-10(15)16)12(17)14(13-11)8(3)4/h7-8,13H,5-6H2,1-4H3,(H,15,16). The third-order valence-corrected chi connectivity index (χ3v) is 2.73. The van der Waals surface area contributed by atoms with Crippen LogP contribution in [0.25, 0.3) is 0 Å². The summed E-state index contributed by atoms with van der Waals surface area (Å²) < 4.78 is 1.56. The highest BCUT2D eigenvalue weighted by Gasteiger charge is 2.18. The first-order valence-electron chi connectivity index (χ1n) is 5.89. The van der Waals surface area contributed by atoms with Crippen molar-refractivity contribution in [2.75, 3.05) is 0 Å². The number of H-pyrrole nitrogens is 1. The monoisotopic (exact) mass is 240 g/mol. The zero-order valence-corrected chi connectivity index (χ0v) is 10.8. The van der Waals surface area contributed by atoms with Crippen molar-refractivity contribution in [3.05, 3.63) is 21.6 Å². The normalized spacial score (nSPS) is 11.4. The Morgan fingerprint density at radius 3 is 2.35 bits per heavy atom. The molecule has 0 spiro atoms. The molecule has 1 aromatic rings. The lowest BCUT2D eigenvalue weighted by atomic mass is 10.0. The Morgan fingerprint density at radius 2 is 1.94 bits per heavy atom. The van der Waals surface area contributed by atoms with Gasteiger partial charge in [-0.3, -0.25) is 19.4 Å². The first-order valence-corrected chi connectivity index (χ1v) is 5.89. The van der Waals surface area contributed by atoms with Gasteiger partial charge in [-0.05, 0) is 26.2 Å². The van der Waals surface area contributed by atoms with E-state index >= 15 is 0 Å². The summed E-state index contributed by atoms with van der Waals surface area (Å²) >= 11 is 0. The van der Waals surface area contributed by atoms with E-state index in [0.717, 1.165) is 5.69 Å². The molecular formula is C12H20N2O3. The van der Waals surface area contributed by atoms with Gasteiger partial charge < -0.3 is 5.11 Å². The molecule has 1 heterocycles. The highest BCUT2D eigenvalue weighted by atomic mass is 16.4. The second-order valence-electron chi connectivity index (χ2n) is 4.82. The molecule has 0 bridgehead atoms. The van der Waals surface area contributed by atoms with Crippen LogP contribution in [0.15, 0.2) is 4.79 Å². The van der Waals surface area contributed by atoms with Crippen LogP contribution in [0, 0.1) is 0 Å². The summed E-state index contributed by atoms with van der Waals surface area (Å²) in [6.45, 7) is 7.81. The van der Waals surface area contributed by atoms with E-state index < -0.39 is 5.97 Å². The van der Waals surface area contributed by atoms with E-state index in [9.17, 15) is 9.59 Å². The molecule has 1 rings (SSSR count). The minimum atomic E-state index is -0.878. The summed E-state index contributed by atoms with van der Waals surface area (Å²) in [7, 11) is 0. The van der Waals surface area contributed by atoms with Gasteiger partial charge >= 0.3 is 5.97 Å². The van der Waals surface area contributed by atoms with Crippen molar-refractivity contribution >= 4 is 5.97 Å². The molecule has 0 saturated heterocycles. The molecule has 96 valence electrons. The number of aromatic amines is 1. The molecule has 0 aliphatic carbocycles. The topological polar surface area (TPSA) is 75.1 Å². The number of carbonyl (C=O) groups is 1. The summed E-state index contributed by atoms with van der Waals surface area (Å²) in [5, 5.41) is 11.8. The molecular weight excluding hydrogens is 220 g/mol. The summed E-state index contributed by atoms with van der Waals surface area (Å²) in [5.41, 5.74) is 1.37. The maximum absolute atomic E-state index is 12.1. The maximum atomic E-state index is 12.1. The fourth-order valence-corrected chi connectivity index (χ4v) is 1.82. The van der Waals surface area contributed by atoms with Crippen molar-refractivity contribution < 1.29 is 9.90 Å². The average molecular weight is 240 g/mol. The number of nitrogens with one attached hydrogen (secondary N) is 1. The van der Waals surface area contributed by atoms with Gasteiger partial charge in [0.2, 0.25) is 0 Å². The van der Waals surface area contributed by atoms with Gasteiger partial charge in [0.15, 0.2) is 0 Å². The smallest absolute Gasteiger partial charge is 0.303 e. The molecule has 0 radical (unpaired) electrons. The fraction of sp³-hybridized carbons (Fsp3) is 0.667. The second kappa shape index (κ2) is 5.21. The molecule has 17 heavy (non-hydrogen) atoms. The van der Waals surface area contributed by atoms with Crippen molar-refractivity contribution in [2.45, 2.75) is 52.5 Å². The highest BCUT2D eigenvalue weighted by molar-refractivity contribution is 5.67. The van der Waals surface area contributed by atoms with Crippen molar-refractivity contribution in [3.63, 3.8) is 0 Å². The minimum Gasteiger partial charge on any atom is -0.481 e. The molecule has 0 aliphatic heterocycles. The molecule has 0 aromatic carbocycles. The predicted molar refractivity (Wildman–Crippen MR) is 65.5 cm³/mol. The number of carboxylic acids is 1. The van der Waals surface area contributed by atoms with E-state index in [0.29, 0.717) is 5.56 Å². The highest BCUT2D eigenvalue weighted by Crippen LogP contribution is 2.17. The Balaban J connectivity index is 3.16. The Morgan fingerprint density at radius 1 is 1.35 bits per heavy atom. The average Bonchev–Trinajstić information content (AvgIpc) is 2.52. The molecule has 0 amide bonds. The quantitative estimate of drug-likeness (QED) is 0.825. The maximum Gasteiger partial charge on any atom is 0.303 e. The van der Waals surface area contributed by atoms with Crippen LogP contribution in [0.5, 0.6) is 0 Å². The largest absolute Gasteiger partial charge is 0.481 e. The summed E-state index contributed by atoms with van der Waals surface area (Å²) in [6, 6.07) is 0.0542. The summed E-state index contributed by atoms with van der Waals surface area (Å²) in [5.74, 6) is -0.692. The number of rotatable bonds is 5. The van der Waals surface area contributed by atoms with Crippen LogP contribution in [0.4, 0.5) is 0 Å². The molecule has 0 aliphatic rings. The first kappa shape index (κ1) is 13.5. The third kappa shape index (κ3) is 2.99. The van der Waals surface area contributed by atoms with E-state index in [2.05, 4.69) is 5.10 Å².